The molecule has 2 rings (SSSR count). The first-order chi connectivity index (χ1) is 8.11. The van der Waals surface area contributed by atoms with E-state index in [0.717, 1.165) is 11.1 Å². The van der Waals surface area contributed by atoms with Crippen LogP contribution in [0.2, 0.25) is 15.1 Å². The highest BCUT2D eigenvalue weighted by molar-refractivity contribution is 6.36. The standard InChI is InChI=1S/C13H9Cl3O/c1-17-13-7-11(15)10(6-12(13)16)8-2-4-9(14)5-3-8/h2-7H,1H3. The van der Waals surface area contributed by atoms with Crippen LogP contribution in [0.4, 0.5) is 0 Å². The zero-order chi connectivity index (χ0) is 12.4. The summed E-state index contributed by atoms with van der Waals surface area (Å²) in [5, 5.41) is 1.81. The minimum absolute atomic E-state index is 0.529. The van der Waals surface area contributed by atoms with E-state index in [2.05, 4.69) is 0 Å². The molecule has 4 heteroatoms. The van der Waals surface area contributed by atoms with E-state index in [-0.39, 0.29) is 0 Å². The van der Waals surface area contributed by atoms with Gasteiger partial charge in [-0.1, -0.05) is 46.9 Å². The van der Waals surface area contributed by atoms with E-state index in [1.807, 2.05) is 24.3 Å². The molecule has 0 aliphatic rings. The van der Waals surface area contributed by atoms with E-state index in [0.29, 0.717) is 20.8 Å². The number of methoxy groups -OCH3 is 1. The van der Waals surface area contributed by atoms with Crippen molar-refractivity contribution in [1.29, 1.82) is 0 Å². The van der Waals surface area contributed by atoms with E-state index in [1.165, 1.54) is 0 Å². The summed E-state index contributed by atoms with van der Waals surface area (Å²) in [5.74, 6) is 0.564. The third-order valence-electron chi connectivity index (χ3n) is 2.40. The van der Waals surface area contributed by atoms with Gasteiger partial charge in [-0.05, 0) is 23.8 Å². The molecule has 0 amide bonds. The van der Waals surface area contributed by atoms with Crippen LogP contribution in [-0.4, -0.2) is 7.11 Å². The molecule has 0 N–H and O–H groups in total. The van der Waals surface area contributed by atoms with Crippen LogP contribution in [0.5, 0.6) is 5.75 Å². The van der Waals surface area contributed by atoms with Crippen molar-refractivity contribution in [3.63, 3.8) is 0 Å². The highest BCUT2D eigenvalue weighted by Crippen LogP contribution is 2.36. The van der Waals surface area contributed by atoms with Gasteiger partial charge in [0.1, 0.15) is 5.75 Å². The van der Waals surface area contributed by atoms with Crippen LogP contribution >= 0.6 is 34.8 Å². The van der Waals surface area contributed by atoms with E-state index in [9.17, 15) is 0 Å². The lowest BCUT2D eigenvalue weighted by molar-refractivity contribution is 0.415. The highest BCUT2D eigenvalue weighted by atomic mass is 35.5. The molecule has 0 aliphatic carbocycles. The number of ether oxygens (including phenoxy) is 1. The molecule has 0 radical (unpaired) electrons. The zero-order valence-electron chi connectivity index (χ0n) is 9.01. The molecule has 0 aliphatic heterocycles. The van der Waals surface area contributed by atoms with Crippen molar-refractivity contribution >= 4 is 34.8 Å². The van der Waals surface area contributed by atoms with Crippen molar-refractivity contribution in [3.8, 4) is 16.9 Å². The second kappa shape index (κ2) is 5.18. The zero-order valence-corrected chi connectivity index (χ0v) is 11.3. The molecule has 0 saturated carbocycles. The first-order valence-electron chi connectivity index (χ1n) is 4.91. The van der Waals surface area contributed by atoms with Gasteiger partial charge in [-0.3, -0.25) is 0 Å². The molecule has 0 bridgehead atoms. The van der Waals surface area contributed by atoms with Gasteiger partial charge >= 0.3 is 0 Å². The lowest BCUT2D eigenvalue weighted by Crippen LogP contribution is -1.86. The SMILES string of the molecule is COc1cc(Cl)c(-c2ccc(Cl)cc2)cc1Cl. The second-order valence-electron chi connectivity index (χ2n) is 3.47. The van der Waals surface area contributed by atoms with E-state index in [4.69, 9.17) is 39.5 Å². The van der Waals surface area contributed by atoms with Gasteiger partial charge in [-0.15, -0.1) is 0 Å². The molecule has 0 spiro atoms. The summed E-state index contributed by atoms with van der Waals surface area (Å²) in [4.78, 5) is 0. The number of benzene rings is 2. The van der Waals surface area contributed by atoms with Crippen molar-refractivity contribution < 1.29 is 4.74 Å². The summed E-state index contributed by atoms with van der Waals surface area (Å²) in [6.07, 6.45) is 0. The smallest absolute Gasteiger partial charge is 0.138 e. The predicted molar refractivity (Wildman–Crippen MR) is 73.5 cm³/mol. The Morgan fingerprint density at radius 3 is 2.12 bits per heavy atom. The molecule has 0 saturated heterocycles. The Morgan fingerprint density at radius 2 is 1.53 bits per heavy atom. The number of hydrogen-bond acceptors (Lipinski definition) is 1. The Labute approximate surface area is 115 Å². The summed E-state index contributed by atoms with van der Waals surface area (Å²) in [6, 6.07) is 10.9. The topological polar surface area (TPSA) is 9.23 Å². The van der Waals surface area contributed by atoms with Crippen LogP contribution in [0, 0.1) is 0 Å². The third-order valence-corrected chi connectivity index (χ3v) is 3.26. The Morgan fingerprint density at radius 1 is 0.882 bits per heavy atom. The van der Waals surface area contributed by atoms with Crippen LogP contribution < -0.4 is 4.74 Å². The fourth-order valence-corrected chi connectivity index (χ4v) is 2.17. The van der Waals surface area contributed by atoms with Gasteiger partial charge < -0.3 is 4.74 Å². The maximum atomic E-state index is 6.18. The Bertz CT molecular complexity index is 535. The largest absolute Gasteiger partial charge is 0.495 e. The molecule has 1 nitrogen and oxygen atoms in total. The van der Waals surface area contributed by atoms with E-state index >= 15 is 0 Å². The summed E-state index contributed by atoms with van der Waals surface area (Å²) in [6.45, 7) is 0. The van der Waals surface area contributed by atoms with Crippen molar-refractivity contribution in [3.05, 3.63) is 51.5 Å². The van der Waals surface area contributed by atoms with Gasteiger partial charge in [0.05, 0.1) is 17.2 Å². The summed E-state index contributed by atoms with van der Waals surface area (Å²) in [5.41, 5.74) is 1.82. The van der Waals surface area contributed by atoms with E-state index < -0.39 is 0 Å². The van der Waals surface area contributed by atoms with Crippen molar-refractivity contribution in [2.24, 2.45) is 0 Å². The van der Waals surface area contributed by atoms with Crippen LogP contribution in [0.1, 0.15) is 0 Å². The van der Waals surface area contributed by atoms with Crippen molar-refractivity contribution in [2.75, 3.05) is 7.11 Å². The molecular formula is C13H9Cl3O. The molecule has 2 aromatic rings. The molecule has 2 aromatic carbocycles. The Balaban J connectivity index is 2.52. The van der Waals surface area contributed by atoms with Gasteiger partial charge in [0.15, 0.2) is 0 Å². The van der Waals surface area contributed by atoms with Gasteiger partial charge in [-0.2, -0.15) is 0 Å². The Kier molecular flexibility index (Phi) is 3.82. The fraction of sp³-hybridized carbons (Fsp3) is 0.0769. The maximum absolute atomic E-state index is 6.18. The minimum atomic E-state index is 0.529. The molecule has 0 aromatic heterocycles. The molecular weight excluding hydrogens is 279 g/mol. The predicted octanol–water partition coefficient (Wildman–Crippen LogP) is 5.32. The normalized spacial score (nSPS) is 10.4. The number of halogens is 3. The van der Waals surface area contributed by atoms with E-state index in [1.54, 1.807) is 19.2 Å². The number of rotatable bonds is 2. The third kappa shape index (κ3) is 2.68. The fourth-order valence-electron chi connectivity index (χ4n) is 1.54. The van der Waals surface area contributed by atoms with Crippen LogP contribution in [0.25, 0.3) is 11.1 Å². The van der Waals surface area contributed by atoms with Crippen molar-refractivity contribution in [1.82, 2.24) is 0 Å². The average Bonchev–Trinajstić information content (AvgIpc) is 2.33. The highest BCUT2D eigenvalue weighted by Gasteiger charge is 2.09. The molecule has 88 valence electrons. The Hall–Kier alpha value is -0.890. The molecule has 0 unspecified atom stereocenters. The van der Waals surface area contributed by atoms with Crippen LogP contribution in [-0.2, 0) is 0 Å². The quantitative estimate of drug-likeness (QED) is 0.726. The summed E-state index contributed by atoms with van der Waals surface area (Å²) in [7, 11) is 1.56. The molecule has 0 atom stereocenters. The monoisotopic (exact) mass is 286 g/mol. The lowest BCUT2D eigenvalue weighted by Gasteiger charge is -2.09. The summed E-state index contributed by atoms with van der Waals surface area (Å²) >= 11 is 18.1. The molecule has 17 heavy (non-hydrogen) atoms. The summed E-state index contributed by atoms with van der Waals surface area (Å²) < 4.78 is 5.10. The van der Waals surface area contributed by atoms with Gasteiger partial charge in [-0.25, -0.2) is 0 Å². The second-order valence-corrected chi connectivity index (χ2v) is 4.72. The average molecular weight is 288 g/mol. The van der Waals surface area contributed by atoms with Gasteiger partial charge in [0, 0.05) is 16.7 Å². The number of hydrogen-bond donors (Lipinski definition) is 0. The lowest BCUT2D eigenvalue weighted by atomic mass is 10.1. The van der Waals surface area contributed by atoms with Crippen LogP contribution in [0.3, 0.4) is 0 Å². The first kappa shape index (κ1) is 12.6. The van der Waals surface area contributed by atoms with Gasteiger partial charge in [0.2, 0.25) is 0 Å². The van der Waals surface area contributed by atoms with Gasteiger partial charge in [0.25, 0.3) is 0 Å². The molecule has 0 fully saturated rings. The van der Waals surface area contributed by atoms with Crippen LogP contribution in [0.15, 0.2) is 36.4 Å². The first-order valence-corrected chi connectivity index (χ1v) is 6.04. The minimum Gasteiger partial charge on any atom is -0.495 e. The molecule has 0 heterocycles. The maximum Gasteiger partial charge on any atom is 0.138 e. The van der Waals surface area contributed by atoms with Crippen molar-refractivity contribution in [2.45, 2.75) is 0 Å².